The van der Waals surface area contributed by atoms with E-state index in [0.717, 1.165) is 66.7 Å². The van der Waals surface area contributed by atoms with Gasteiger partial charge in [-0.05, 0) is 54.4 Å². The van der Waals surface area contributed by atoms with Crippen LogP contribution in [0.3, 0.4) is 0 Å². The third kappa shape index (κ3) is 6.82. The molecule has 0 saturated carbocycles. The number of nitrogens with zero attached hydrogens (tertiary/aromatic N) is 4. The van der Waals surface area contributed by atoms with Crippen molar-refractivity contribution >= 4 is 23.0 Å². The van der Waals surface area contributed by atoms with E-state index in [4.69, 9.17) is 9.97 Å². The van der Waals surface area contributed by atoms with Gasteiger partial charge in [0.1, 0.15) is 11.6 Å². The number of aryl methyl sites for hydroxylation is 2. The predicted molar refractivity (Wildman–Crippen MR) is 136 cm³/mol. The average molecular weight is 434 g/mol. The Morgan fingerprint density at radius 1 is 1.19 bits per heavy atom. The molecule has 0 aliphatic heterocycles. The van der Waals surface area contributed by atoms with E-state index in [1.807, 2.05) is 7.05 Å². The standard InChI is InChI=1S/C27H39N5/c1-9-11-12-13-23-22(17-28)25(32(8)18-27(5,6)7)31-26(29-23)30-24-16-21(19(3)10-2)15-14-20(24)4/h14-16H,3,9-13,18H2,1-2,4-8H3,(H,29,30,31). The monoisotopic (exact) mass is 433 g/mol. The molecular formula is C27H39N5. The zero-order valence-electron chi connectivity index (χ0n) is 21.0. The molecule has 2 rings (SSSR count). The molecule has 1 heterocycles. The number of allylic oxidation sites excluding steroid dienone is 1. The van der Waals surface area contributed by atoms with E-state index in [9.17, 15) is 5.26 Å². The van der Waals surface area contributed by atoms with Crippen molar-refractivity contribution in [1.82, 2.24) is 9.97 Å². The highest BCUT2D eigenvalue weighted by Gasteiger charge is 2.21. The normalized spacial score (nSPS) is 11.2. The molecule has 0 unspecified atom stereocenters. The van der Waals surface area contributed by atoms with E-state index in [2.05, 4.69) is 82.6 Å². The Morgan fingerprint density at radius 3 is 2.50 bits per heavy atom. The highest BCUT2D eigenvalue weighted by Crippen LogP contribution is 2.29. The summed E-state index contributed by atoms with van der Waals surface area (Å²) in [6, 6.07) is 8.69. The lowest BCUT2D eigenvalue weighted by Gasteiger charge is -2.28. The minimum atomic E-state index is 0.0772. The Labute approximate surface area is 194 Å². The summed E-state index contributed by atoms with van der Waals surface area (Å²) in [7, 11) is 2.01. The molecule has 1 aromatic heterocycles. The lowest BCUT2D eigenvalue weighted by atomic mass is 9.96. The maximum Gasteiger partial charge on any atom is 0.229 e. The summed E-state index contributed by atoms with van der Waals surface area (Å²) in [5, 5.41) is 13.4. The zero-order valence-corrected chi connectivity index (χ0v) is 21.0. The van der Waals surface area contributed by atoms with Crippen molar-refractivity contribution in [3.8, 4) is 6.07 Å². The molecule has 0 spiro atoms. The van der Waals surface area contributed by atoms with E-state index in [0.29, 0.717) is 17.3 Å². The quantitative estimate of drug-likeness (QED) is 0.407. The van der Waals surface area contributed by atoms with Crippen molar-refractivity contribution in [2.24, 2.45) is 5.41 Å². The Bertz CT molecular complexity index is 979. The maximum atomic E-state index is 9.97. The molecule has 5 nitrogen and oxygen atoms in total. The zero-order chi connectivity index (χ0) is 23.9. The number of unbranched alkanes of at least 4 members (excludes halogenated alkanes) is 2. The van der Waals surface area contributed by atoms with Crippen LogP contribution in [0.2, 0.25) is 0 Å². The van der Waals surface area contributed by atoms with Crippen LogP contribution in [-0.4, -0.2) is 23.6 Å². The van der Waals surface area contributed by atoms with Crippen LogP contribution in [-0.2, 0) is 6.42 Å². The number of nitriles is 1. The molecule has 0 amide bonds. The molecule has 0 aliphatic rings. The Kier molecular flexibility index (Phi) is 8.83. The SMILES string of the molecule is C=C(CC)c1ccc(C)c(Nc2nc(CCCCC)c(C#N)c(N(C)CC(C)(C)C)n2)c1. The van der Waals surface area contributed by atoms with Crippen LogP contribution in [0.15, 0.2) is 24.8 Å². The molecule has 0 atom stereocenters. The first kappa shape index (κ1) is 25.4. The van der Waals surface area contributed by atoms with Gasteiger partial charge in [-0.2, -0.15) is 10.2 Å². The molecule has 0 saturated heterocycles. The first-order valence-electron chi connectivity index (χ1n) is 11.7. The van der Waals surface area contributed by atoms with Gasteiger partial charge in [0.05, 0.1) is 5.69 Å². The summed E-state index contributed by atoms with van der Waals surface area (Å²) >= 11 is 0. The van der Waals surface area contributed by atoms with Gasteiger partial charge in [0.15, 0.2) is 5.82 Å². The topological polar surface area (TPSA) is 64.8 Å². The fourth-order valence-corrected chi connectivity index (χ4v) is 3.75. The first-order valence-corrected chi connectivity index (χ1v) is 11.7. The van der Waals surface area contributed by atoms with Gasteiger partial charge in [0.25, 0.3) is 0 Å². The molecule has 0 aliphatic carbocycles. The van der Waals surface area contributed by atoms with Crippen LogP contribution < -0.4 is 10.2 Å². The molecule has 0 fully saturated rings. The average Bonchev–Trinajstić information content (AvgIpc) is 2.73. The second-order valence-corrected chi connectivity index (χ2v) is 9.79. The van der Waals surface area contributed by atoms with Gasteiger partial charge in [-0.3, -0.25) is 0 Å². The van der Waals surface area contributed by atoms with Crippen molar-refractivity contribution < 1.29 is 0 Å². The smallest absolute Gasteiger partial charge is 0.229 e. The van der Waals surface area contributed by atoms with Crippen LogP contribution >= 0.6 is 0 Å². The van der Waals surface area contributed by atoms with E-state index < -0.39 is 0 Å². The van der Waals surface area contributed by atoms with Crippen molar-refractivity contribution in [2.75, 3.05) is 23.8 Å². The van der Waals surface area contributed by atoms with Crippen molar-refractivity contribution in [3.05, 3.63) is 47.2 Å². The summed E-state index contributed by atoms with van der Waals surface area (Å²) in [6.45, 7) is 17.9. The summed E-state index contributed by atoms with van der Waals surface area (Å²) in [6.07, 6.45) is 4.93. The number of rotatable bonds is 10. The van der Waals surface area contributed by atoms with Gasteiger partial charge in [-0.15, -0.1) is 0 Å². The largest absolute Gasteiger partial charge is 0.358 e. The van der Waals surface area contributed by atoms with Crippen LogP contribution in [0.1, 0.15) is 82.7 Å². The Balaban J connectivity index is 2.52. The van der Waals surface area contributed by atoms with Gasteiger partial charge in [-0.1, -0.05) is 66.2 Å². The third-order valence-corrected chi connectivity index (χ3v) is 5.49. The number of hydrogen-bond acceptors (Lipinski definition) is 5. The molecule has 5 heteroatoms. The molecule has 32 heavy (non-hydrogen) atoms. The van der Waals surface area contributed by atoms with Gasteiger partial charge < -0.3 is 10.2 Å². The van der Waals surface area contributed by atoms with Crippen molar-refractivity contribution in [3.63, 3.8) is 0 Å². The van der Waals surface area contributed by atoms with Crippen molar-refractivity contribution in [1.29, 1.82) is 5.26 Å². The molecule has 0 bridgehead atoms. The Morgan fingerprint density at radius 2 is 1.91 bits per heavy atom. The number of anilines is 3. The maximum absolute atomic E-state index is 9.97. The van der Waals surface area contributed by atoms with Crippen LogP contribution in [0.5, 0.6) is 0 Å². The summed E-state index contributed by atoms with van der Waals surface area (Å²) in [5.41, 5.74) is 5.77. The van der Waals surface area contributed by atoms with Crippen LogP contribution in [0.25, 0.3) is 5.57 Å². The highest BCUT2D eigenvalue weighted by atomic mass is 15.2. The van der Waals surface area contributed by atoms with E-state index >= 15 is 0 Å². The second-order valence-electron chi connectivity index (χ2n) is 9.79. The molecule has 172 valence electrons. The lowest BCUT2D eigenvalue weighted by Crippen LogP contribution is -2.31. The first-order chi connectivity index (χ1) is 15.1. The molecule has 1 aromatic carbocycles. The van der Waals surface area contributed by atoms with E-state index in [-0.39, 0.29) is 5.41 Å². The van der Waals surface area contributed by atoms with Gasteiger partial charge in [-0.25, -0.2) is 4.98 Å². The van der Waals surface area contributed by atoms with Crippen LogP contribution in [0, 0.1) is 23.7 Å². The third-order valence-electron chi connectivity index (χ3n) is 5.49. The summed E-state index contributed by atoms with van der Waals surface area (Å²) in [5.74, 6) is 1.23. The summed E-state index contributed by atoms with van der Waals surface area (Å²) < 4.78 is 0. The van der Waals surface area contributed by atoms with Crippen molar-refractivity contribution in [2.45, 2.75) is 73.6 Å². The van der Waals surface area contributed by atoms with E-state index in [1.165, 1.54) is 0 Å². The predicted octanol–water partition coefficient (Wildman–Crippen LogP) is 7.04. The second kappa shape index (κ2) is 11.1. The number of benzene rings is 1. The number of nitrogens with one attached hydrogen (secondary N) is 1. The fraction of sp³-hybridized carbons (Fsp3) is 0.519. The highest BCUT2D eigenvalue weighted by molar-refractivity contribution is 5.71. The fourth-order valence-electron chi connectivity index (χ4n) is 3.75. The molecule has 2 aromatic rings. The van der Waals surface area contributed by atoms with Crippen LogP contribution in [0.4, 0.5) is 17.5 Å². The van der Waals surface area contributed by atoms with Gasteiger partial charge >= 0.3 is 0 Å². The number of hydrogen-bond donors (Lipinski definition) is 1. The molecular weight excluding hydrogens is 394 g/mol. The lowest BCUT2D eigenvalue weighted by molar-refractivity contribution is 0.417. The summed E-state index contributed by atoms with van der Waals surface area (Å²) in [4.78, 5) is 11.7. The van der Waals surface area contributed by atoms with E-state index in [1.54, 1.807) is 0 Å². The molecule has 1 N–H and O–H groups in total. The minimum absolute atomic E-state index is 0.0772. The number of aromatic nitrogens is 2. The Hall–Kier alpha value is -2.87. The molecule has 0 radical (unpaired) electrons. The minimum Gasteiger partial charge on any atom is -0.358 e. The van der Waals surface area contributed by atoms with Gasteiger partial charge in [0.2, 0.25) is 5.95 Å². The van der Waals surface area contributed by atoms with Gasteiger partial charge in [0, 0.05) is 19.3 Å².